The molecule has 2 rings (SSSR count). The number of rotatable bonds is 6. The largest absolute Gasteiger partial charge is 0.340 e. The Morgan fingerprint density at radius 1 is 1.48 bits per heavy atom. The van der Waals surface area contributed by atoms with Crippen LogP contribution in [0.5, 0.6) is 0 Å². The molecule has 0 aliphatic rings. The molecule has 1 N–H and O–H groups in total. The van der Waals surface area contributed by atoms with Gasteiger partial charge in [0.2, 0.25) is 5.91 Å². The summed E-state index contributed by atoms with van der Waals surface area (Å²) in [6.45, 7) is 1.32. The van der Waals surface area contributed by atoms with Crippen LogP contribution in [0.4, 0.5) is 0 Å². The Kier molecular flexibility index (Phi) is 5.30. The summed E-state index contributed by atoms with van der Waals surface area (Å²) < 4.78 is 1.55. The van der Waals surface area contributed by atoms with Gasteiger partial charge in [-0.25, -0.2) is 4.68 Å². The number of nitrogens with one attached hydrogen (secondary N) is 1. The number of carbonyl (C=O) groups excluding carboxylic acids is 1. The molecule has 0 saturated carbocycles. The molecule has 0 atom stereocenters. The number of aromatic nitrogens is 3. The van der Waals surface area contributed by atoms with E-state index in [1.807, 2.05) is 31.3 Å². The molecular formula is C14H18ClN5O. The van der Waals surface area contributed by atoms with Crippen molar-refractivity contribution in [2.24, 2.45) is 0 Å². The van der Waals surface area contributed by atoms with Crippen molar-refractivity contribution in [1.29, 1.82) is 0 Å². The summed E-state index contributed by atoms with van der Waals surface area (Å²) in [4.78, 5) is 13.8. The highest BCUT2D eigenvalue weighted by Gasteiger charge is 2.11. The van der Waals surface area contributed by atoms with E-state index >= 15 is 0 Å². The molecule has 0 fully saturated rings. The number of nitrogens with zero attached hydrogens (tertiary/aromatic N) is 4. The van der Waals surface area contributed by atoms with Crippen molar-refractivity contribution in [1.82, 2.24) is 25.2 Å². The fraction of sp³-hybridized carbons (Fsp3) is 0.357. The first-order chi connectivity index (χ1) is 10.1. The fourth-order valence-electron chi connectivity index (χ4n) is 1.93. The molecule has 21 heavy (non-hydrogen) atoms. The van der Waals surface area contributed by atoms with Gasteiger partial charge in [-0.3, -0.25) is 4.79 Å². The Balaban J connectivity index is 1.92. The van der Waals surface area contributed by atoms with E-state index in [0.29, 0.717) is 18.1 Å². The van der Waals surface area contributed by atoms with Crippen molar-refractivity contribution in [2.45, 2.75) is 19.6 Å². The Morgan fingerprint density at radius 3 is 3.00 bits per heavy atom. The maximum Gasteiger partial charge on any atom is 0.244 e. The highest BCUT2D eigenvalue weighted by atomic mass is 35.5. The topological polar surface area (TPSA) is 63.1 Å². The minimum atomic E-state index is -0.0316. The van der Waals surface area contributed by atoms with Crippen LogP contribution >= 0.6 is 11.6 Å². The summed E-state index contributed by atoms with van der Waals surface area (Å²) in [5.41, 5.74) is 1.80. The van der Waals surface area contributed by atoms with E-state index in [9.17, 15) is 4.79 Å². The maximum atomic E-state index is 12.2. The van der Waals surface area contributed by atoms with E-state index in [1.54, 1.807) is 22.8 Å². The van der Waals surface area contributed by atoms with Crippen molar-refractivity contribution < 1.29 is 4.79 Å². The predicted octanol–water partition coefficient (Wildman–Crippen LogP) is 1.31. The summed E-state index contributed by atoms with van der Waals surface area (Å²) >= 11 is 5.94. The third-order valence-corrected chi connectivity index (χ3v) is 3.21. The van der Waals surface area contributed by atoms with E-state index in [0.717, 1.165) is 11.3 Å². The predicted molar refractivity (Wildman–Crippen MR) is 80.7 cm³/mol. The molecule has 112 valence electrons. The van der Waals surface area contributed by atoms with E-state index in [4.69, 9.17) is 11.6 Å². The zero-order chi connectivity index (χ0) is 15.2. The highest BCUT2D eigenvalue weighted by molar-refractivity contribution is 6.30. The Bertz CT molecular complexity index is 613. The highest BCUT2D eigenvalue weighted by Crippen LogP contribution is 2.12. The Morgan fingerprint density at radius 2 is 2.29 bits per heavy atom. The van der Waals surface area contributed by atoms with Gasteiger partial charge < -0.3 is 10.2 Å². The number of amides is 1. The van der Waals surface area contributed by atoms with Gasteiger partial charge in [0.25, 0.3) is 0 Å². The molecule has 1 aromatic heterocycles. The molecule has 0 aliphatic carbocycles. The third-order valence-electron chi connectivity index (χ3n) is 2.98. The zero-order valence-electron chi connectivity index (χ0n) is 12.1. The van der Waals surface area contributed by atoms with Crippen LogP contribution in [0.1, 0.15) is 11.3 Å². The molecule has 6 nitrogen and oxygen atoms in total. The van der Waals surface area contributed by atoms with Gasteiger partial charge in [0.05, 0.1) is 11.9 Å². The molecule has 1 heterocycles. The lowest BCUT2D eigenvalue weighted by Gasteiger charge is -2.17. The van der Waals surface area contributed by atoms with Gasteiger partial charge in [0.1, 0.15) is 6.54 Å². The Hall–Kier alpha value is -1.92. The number of likely N-dealkylation sites (N-methyl/N-ethyl adjacent to an activating group) is 1. The van der Waals surface area contributed by atoms with Crippen LogP contribution in [0, 0.1) is 0 Å². The molecule has 0 aliphatic heterocycles. The SMILES string of the molecule is CNCc1cn(CC(=O)N(C)Cc2cccc(Cl)c2)nn1. The van der Waals surface area contributed by atoms with E-state index in [-0.39, 0.29) is 12.5 Å². The summed E-state index contributed by atoms with van der Waals surface area (Å²) in [5.74, 6) is -0.0316. The second-order valence-corrected chi connectivity index (χ2v) is 5.25. The van der Waals surface area contributed by atoms with Gasteiger partial charge in [-0.15, -0.1) is 5.10 Å². The lowest BCUT2D eigenvalue weighted by molar-refractivity contribution is -0.131. The monoisotopic (exact) mass is 307 g/mol. The van der Waals surface area contributed by atoms with E-state index in [1.165, 1.54) is 0 Å². The molecule has 2 aromatic rings. The normalized spacial score (nSPS) is 10.6. The molecule has 0 radical (unpaired) electrons. The van der Waals surface area contributed by atoms with Crippen molar-refractivity contribution >= 4 is 17.5 Å². The molecule has 0 bridgehead atoms. The Labute approximate surface area is 128 Å². The summed E-state index contributed by atoms with van der Waals surface area (Å²) in [5, 5.41) is 11.6. The quantitative estimate of drug-likeness (QED) is 0.874. The summed E-state index contributed by atoms with van der Waals surface area (Å²) in [7, 11) is 3.59. The standard InChI is InChI=1S/C14H18ClN5O/c1-16-7-13-9-20(18-17-13)10-14(21)19(2)8-11-4-3-5-12(15)6-11/h3-6,9,16H,7-8,10H2,1-2H3. The van der Waals surface area contributed by atoms with Crippen LogP contribution in [-0.2, 0) is 24.4 Å². The van der Waals surface area contributed by atoms with Gasteiger partial charge >= 0.3 is 0 Å². The third kappa shape index (κ3) is 4.54. The van der Waals surface area contributed by atoms with Crippen LogP contribution in [0.25, 0.3) is 0 Å². The summed E-state index contributed by atoms with van der Waals surface area (Å²) in [6.07, 6.45) is 1.77. The molecule has 1 amide bonds. The average Bonchev–Trinajstić information content (AvgIpc) is 2.86. The average molecular weight is 308 g/mol. The van der Waals surface area contributed by atoms with Crippen molar-refractivity contribution in [3.8, 4) is 0 Å². The van der Waals surface area contributed by atoms with Crippen LogP contribution in [0.2, 0.25) is 5.02 Å². The minimum absolute atomic E-state index is 0.0316. The number of hydrogen-bond donors (Lipinski definition) is 1. The van der Waals surface area contributed by atoms with E-state index in [2.05, 4.69) is 15.6 Å². The maximum absolute atomic E-state index is 12.2. The van der Waals surface area contributed by atoms with Crippen molar-refractivity contribution in [3.05, 3.63) is 46.7 Å². The summed E-state index contributed by atoms with van der Waals surface area (Å²) in [6, 6.07) is 7.48. The number of benzene rings is 1. The smallest absolute Gasteiger partial charge is 0.244 e. The van der Waals surface area contributed by atoms with Crippen LogP contribution < -0.4 is 5.32 Å². The fourth-order valence-corrected chi connectivity index (χ4v) is 2.15. The minimum Gasteiger partial charge on any atom is -0.340 e. The first kappa shape index (κ1) is 15.5. The van der Waals surface area contributed by atoms with Crippen LogP contribution in [-0.4, -0.2) is 39.9 Å². The second-order valence-electron chi connectivity index (χ2n) is 4.82. The molecule has 0 spiro atoms. The molecule has 1 aromatic carbocycles. The molecule has 7 heteroatoms. The van der Waals surface area contributed by atoms with Gasteiger partial charge in [0, 0.05) is 25.2 Å². The molecule has 0 unspecified atom stereocenters. The number of carbonyl (C=O) groups is 1. The van der Waals surface area contributed by atoms with Crippen molar-refractivity contribution in [2.75, 3.05) is 14.1 Å². The molecular weight excluding hydrogens is 290 g/mol. The number of hydrogen-bond acceptors (Lipinski definition) is 4. The first-order valence-corrected chi connectivity index (χ1v) is 6.98. The molecule has 0 saturated heterocycles. The van der Waals surface area contributed by atoms with Gasteiger partial charge in [-0.05, 0) is 24.7 Å². The zero-order valence-corrected chi connectivity index (χ0v) is 12.8. The van der Waals surface area contributed by atoms with Gasteiger partial charge in [-0.1, -0.05) is 28.9 Å². The first-order valence-electron chi connectivity index (χ1n) is 6.60. The lowest BCUT2D eigenvalue weighted by atomic mass is 10.2. The van der Waals surface area contributed by atoms with Crippen molar-refractivity contribution in [3.63, 3.8) is 0 Å². The lowest BCUT2D eigenvalue weighted by Crippen LogP contribution is -2.30. The van der Waals surface area contributed by atoms with Gasteiger partial charge in [-0.2, -0.15) is 0 Å². The van der Waals surface area contributed by atoms with Crippen LogP contribution in [0.3, 0.4) is 0 Å². The second kappa shape index (κ2) is 7.19. The van der Waals surface area contributed by atoms with Gasteiger partial charge in [0.15, 0.2) is 0 Å². The van der Waals surface area contributed by atoms with Crippen LogP contribution in [0.15, 0.2) is 30.5 Å². The number of halogens is 1. The van der Waals surface area contributed by atoms with E-state index < -0.39 is 0 Å².